The first-order valence-electron chi connectivity index (χ1n) is 14.4. The first-order chi connectivity index (χ1) is 20.2. The zero-order valence-corrected chi connectivity index (χ0v) is 24.7. The smallest absolute Gasteiger partial charge is 0.258 e. The van der Waals surface area contributed by atoms with Gasteiger partial charge in [-0.05, 0) is 61.5 Å². The Labute approximate surface area is 246 Å². The fraction of sp³-hybridized carbons (Fsp3) is 0.364. The van der Waals surface area contributed by atoms with Crippen molar-refractivity contribution in [1.82, 2.24) is 19.4 Å². The van der Waals surface area contributed by atoms with Crippen LogP contribution in [0.4, 0.5) is 5.69 Å². The van der Waals surface area contributed by atoms with E-state index in [1.807, 2.05) is 68.2 Å². The van der Waals surface area contributed by atoms with Crippen molar-refractivity contribution in [3.05, 3.63) is 89.9 Å². The molecule has 0 bridgehead atoms. The number of hydrogen-bond acceptors (Lipinski definition) is 6. The molecule has 1 aliphatic heterocycles. The molecule has 0 radical (unpaired) electrons. The molecule has 9 nitrogen and oxygen atoms in total. The maximum atomic E-state index is 13.8. The van der Waals surface area contributed by atoms with E-state index in [-0.39, 0.29) is 42.9 Å². The maximum absolute atomic E-state index is 13.8. The molecule has 3 atom stereocenters. The van der Waals surface area contributed by atoms with Crippen molar-refractivity contribution in [1.29, 1.82) is 0 Å². The molecular formula is C33H39N5O4. The van der Waals surface area contributed by atoms with Gasteiger partial charge in [0.15, 0.2) is 0 Å². The number of hydrogen-bond donors (Lipinski definition) is 2. The Morgan fingerprint density at radius 2 is 1.95 bits per heavy atom. The van der Waals surface area contributed by atoms with E-state index in [9.17, 15) is 14.7 Å². The van der Waals surface area contributed by atoms with Gasteiger partial charge in [-0.1, -0.05) is 25.1 Å². The largest absolute Gasteiger partial charge is 0.488 e. The molecule has 0 saturated carbocycles. The number of aryl methyl sites for hydroxylation is 1. The van der Waals surface area contributed by atoms with Gasteiger partial charge in [0, 0.05) is 67.8 Å². The molecule has 5 rings (SSSR count). The highest BCUT2D eigenvalue weighted by molar-refractivity contribution is 6.00. The first kappa shape index (κ1) is 29.3. The van der Waals surface area contributed by atoms with E-state index in [1.165, 1.54) is 0 Å². The summed E-state index contributed by atoms with van der Waals surface area (Å²) in [6, 6.07) is 16.8. The van der Waals surface area contributed by atoms with Crippen molar-refractivity contribution in [3.8, 4) is 5.75 Å². The summed E-state index contributed by atoms with van der Waals surface area (Å²) in [5.74, 6) is 0.0783. The molecule has 0 spiro atoms. The van der Waals surface area contributed by atoms with Crippen molar-refractivity contribution in [2.24, 2.45) is 13.0 Å². The number of likely N-dealkylation sites (N-methyl/N-ethyl adjacent to an activating group) is 1. The molecule has 2 aromatic carbocycles. The molecule has 4 aromatic rings. The van der Waals surface area contributed by atoms with Crippen LogP contribution in [0.5, 0.6) is 5.75 Å². The van der Waals surface area contributed by atoms with Crippen molar-refractivity contribution in [2.75, 3.05) is 32.1 Å². The number of pyridine rings is 1. The number of fused-ring (bicyclic) bond motifs is 2. The third kappa shape index (κ3) is 6.48. The van der Waals surface area contributed by atoms with Crippen LogP contribution < -0.4 is 10.1 Å². The van der Waals surface area contributed by atoms with Crippen LogP contribution in [0.3, 0.4) is 0 Å². The topological polar surface area (TPSA) is 99.9 Å². The fourth-order valence-electron chi connectivity index (χ4n) is 5.63. The second kappa shape index (κ2) is 12.8. The number of nitrogens with zero attached hydrogens (tertiary/aromatic N) is 4. The first-order valence-corrected chi connectivity index (χ1v) is 14.4. The second-order valence-corrected chi connectivity index (χ2v) is 11.4. The molecule has 0 aliphatic carbocycles. The van der Waals surface area contributed by atoms with Gasteiger partial charge in [-0.2, -0.15) is 0 Å². The minimum atomic E-state index is -0.370. The Morgan fingerprint density at radius 3 is 2.71 bits per heavy atom. The molecule has 42 heavy (non-hydrogen) atoms. The number of carbonyl (C=O) groups is 2. The molecule has 2 amide bonds. The number of benzene rings is 2. The number of carbonyl (C=O) groups excluding carboxylic acids is 2. The number of aliphatic hydroxyl groups excluding tert-OH is 1. The Balaban J connectivity index is 1.37. The van der Waals surface area contributed by atoms with Crippen LogP contribution in [0.15, 0.2) is 73.2 Å². The lowest BCUT2D eigenvalue weighted by Crippen LogP contribution is -2.49. The third-order valence-corrected chi connectivity index (χ3v) is 7.97. The van der Waals surface area contributed by atoms with Gasteiger partial charge in [-0.25, -0.2) is 0 Å². The van der Waals surface area contributed by atoms with Crippen LogP contribution in [0.2, 0.25) is 0 Å². The highest BCUT2D eigenvalue weighted by Crippen LogP contribution is 2.31. The highest BCUT2D eigenvalue weighted by Gasteiger charge is 2.33. The summed E-state index contributed by atoms with van der Waals surface area (Å²) < 4.78 is 8.53. The van der Waals surface area contributed by atoms with E-state index >= 15 is 0 Å². The number of rotatable bonds is 9. The minimum Gasteiger partial charge on any atom is -0.488 e. The zero-order chi connectivity index (χ0) is 29.8. The standard InChI is InChI=1S/C33H39N5O4/c1-22-17-38(23(2)21-39)33(41)28-16-26(35-32(40)15-25-19-37(4)29-8-6-5-7-27(25)29)9-10-30(28)42-31(22)20-36(3)18-24-11-13-34-14-12-24/h5-14,16,19,22-23,31,39H,15,17-18,20-21H2,1-4H3,(H,35,40)/t22-,23+,31+/m0/s1. The normalized spacial score (nSPS) is 17.9. The van der Waals surface area contributed by atoms with Crippen molar-refractivity contribution >= 4 is 28.4 Å². The number of anilines is 1. The number of aliphatic hydroxyl groups is 1. The number of nitrogens with one attached hydrogen (secondary N) is 1. The van der Waals surface area contributed by atoms with Gasteiger partial charge in [-0.3, -0.25) is 19.5 Å². The molecule has 9 heteroatoms. The maximum Gasteiger partial charge on any atom is 0.258 e. The summed E-state index contributed by atoms with van der Waals surface area (Å²) >= 11 is 0. The lowest BCUT2D eigenvalue weighted by Gasteiger charge is -2.38. The molecule has 0 fully saturated rings. The average Bonchev–Trinajstić information content (AvgIpc) is 3.29. The van der Waals surface area contributed by atoms with E-state index in [4.69, 9.17) is 4.74 Å². The van der Waals surface area contributed by atoms with Gasteiger partial charge in [-0.15, -0.1) is 0 Å². The molecule has 2 aromatic heterocycles. The van der Waals surface area contributed by atoms with Crippen LogP contribution in [-0.2, 0) is 24.8 Å². The number of aromatic nitrogens is 2. The number of amides is 2. The minimum absolute atomic E-state index is 0.0102. The Bertz CT molecular complexity index is 1550. The van der Waals surface area contributed by atoms with Crippen LogP contribution in [0, 0.1) is 5.92 Å². The number of ether oxygens (including phenoxy) is 1. The second-order valence-electron chi connectivity index (χ2n) is 11.4. The molecule has 3 heterocycles. The Hall–Kier alpha value is -4.21. The number of para-hydroxylation sites is 1. The summed E-state index contributed by atoms with van der Waals surface area (Å²) in [6.07, 6.45) is 5.55. The molecule has 1 aliphatic rings. The van der Waals surface area contributed by atoms with Gasteiger partial charge >= 0.3 is 0 Å². The van der Waals surface area contributed by atoms with Crippen molar-refractivity contribution < 1.29 is 19.4 Å². The van der Waals surface area contributed by atoms with Crippen LogP contribution in [0.1, 0.15) is 35.3 Å². The van der Waals surface area contributed by atoms with E-state index in [0.717, 1.165) is 28.6 Å². The fourth-order valence-corrected chi connectivity index (χ4v) is 5.63. The summed E-state index contributed by atoms with van der Waals surface area (Å²) in [4.78, 5) is 34.9. The van der Waals surface area contributed by atoms with Crippen LogP contribution >= 0.6 is 0 Å². The lowest BCUT2D eigenvalue weighted by atomic mass is 9.99. The SMILES string of the molecule is C[C@H](CO)N1C[C@H](C)[C@@H](CN(C)Cc2ccncc2)Oc2ccc(NC(=O)Cc3cn(C)c4ccccc34)cc2C1=O. The quantitative estimate of drug-likeness (QED) is 0.315. The van der Waals surface area contributed by atoms with Crippen molar-refractivity contribution in [2.45, 2.75) is 39.0 Å². The molecule has 220 valence electrons. The van der Waals surface area contributed by atoms with Gasteiger partial charge in [0.05, 0.1) is 24.6 Å². The summed E-state index contributed by atoms with van der Waals surface area (Å²) in [5.41, 5.74) is 4.05. The zero-order valence-electron chi connectivity index (χ0n) is 24.7. The Morgan fingerprint density at radius 1 is 1.19 bits per heavy atom. The summed E-state index contributed by atoms with van der Waals surface area (Å²) in [5, 5.41) is 14.0. The van der Waals surface area contributed by atoms with E-state index in [1.54, 1.807) is 35.5 Å². The average molecular weight is 570 g/mol. The van der Waals surface area contributed by atoms with Gasteiger partial charge in [0.2, 0.25) is 5.91 Å². The lowest BCUT2D eigenvalue weighted by molar-refractivity contribution is -0.115. The van der Waals surface area contributed by atoms with Gasteiger partial charge in [0.1, 0.15) is 11.9 Å². The van der Waals surface area contributed by atoms with Gasteiger partial charge in [0.25, 0.3) is 5.91 Å². The van der Waals surface area contributed by atoms with E-state index < -0.39 is 0 Å². The van der Waals surface area contributed by atoms with Crippen LogP contribution in [0.25, 0.3) is 10.9 Å². The molecule has 2 N–H and O–H groups in total. The van der Waals surface area contributed by atoms with Crippen LogP contribution in [-0.4, -0.2) is 75.2 Å². The predicted octanol–water partition coefficient (Wildman–Crippen LogP) is 4.11. The third-order valence-electron chi connectivity index (χ3n) is 7.97. The monoisotopic (exact) mass is 569 g/mol. The van der Waals surface area contributed by atoms with Gasteiger partial charge < -0.3 is 24.6 Å². The predicted molar refractivity (Wildman–Crippen MR) is 163 cm³/mol. The molecular weight excluding hydrogens is 530 g/mol. The highest BCUT2D eigenvalue weighted by atomic mass is 16.5. The van der Waals surface area contributed by atoms with Crippen molar-refractivity contribution in [3.63, 3.8) is 0 Å². The molecule has 0 saturated heterocycles. The molecule has 0 unspecified atom stereocenters. The summed E-state index contributed by atoms with van der Waals surface area (Å²) in [6.45, 7) is 5.57. The van der Waals surface area contributed by atoms with E-state index in [0.29, 0.717) is 30.1 Å². The Kier molecular flexibility index (Phi) is 8.89. The van der Waals surface area contributed by atoms with E-state index in [2.05, 4.69) is 22.1 Å². The summed E-state index contributed by atoms with van der Waals surface area (Å²) in [7, 11) is 4.01.